The van der Waals surface area contributed by atoms with E-state index >= 15 is 0 Å². The zero-order valence-corrected chi connectivity index (χ0v) is 10.5. The van der Waals surface area contributed by atoms with E-state index in [2.05, 4.69) is 10.1 Å². The lowest BCUT2D eigenvalue weighted by Gasteiger charge is -2.06. The highest BCUT2D eigenvalue weighted by molar-refractivity contribution is 5.27. The molecule has 18 heavy (non-hydrogen) atoms. The van der Waals surface area contributed by atoms with Crippen LogP contribution in [-0.2, 0) is 13.0 Å². The van der Waals surface area contributed by atoms with Gasteiger partial charge in [-0.25, -0.2) is 0 Å². The SMILES string of the molecule is Cc1noc(COc2ccc(CC(C)O)cc2)n1. The first kappa shape index (κ1) is 12.6. The molecule has 96 valence electrons. The maximum Gasteiger partial charge on any atom is 0.264 e. The van der Waals surface area contributed by atoms with Gasteiger partial charge in [-0.3, -0.25) is 0 Å². The molecule has 1 atom stereocenters. The van der Waals surface area contributed by atoms with Gasteiger partial charge in [-0.1, -0.05) is 17.3 Å². The van der Waals surface area contributed by atoms with Gasteiger partial charge in [-0.05, 0) is 38.0 Å². The Kier molecular flexibility index (Phi) is 3.94. The van der Waals surface area contributed by atoms with E-state index in [0.717, 1.165) is 11.3 Å². The van der Waals surface area contributed by atoms with Crippen molar-refractivity contribution in [1.82, 2.24) is 10.1 Å². The lowest BCUT2D eigenvalue weighted by Crippen LogP contribution is -2.04. The van der Waals surface area contributed by atoms with Gasteiger partial charge in [-0.2, -0.15) is 4.98 Å². The van der Waals surface area contributed by atoms with E-state index < -0.39 is 0 Å². The third-order valence-electron chi connectivity index (χ3n) is 2.39. The Morgan fingerprint density at radius 2 is 2.06 bits per heavy atom. The van der Waals surface area contributed by atoms with E-state index in [9.17, 15) is 5.11 Å². The fourth-order valence-corrected chi connectivity index (χ4v) is 1.61. The largest absolute Gasteiger partial charge is 0.484 e. The summed E-state index contributed by atoms with van der Waals surface area (Å²) in [5.74, 6) is 1.79. The minimum atomic E-state index is -0.335. The van der Waals surface area contributed by atoms with Gasteiger partial charge in [0.15, 0.2) is 12.4 Å². The summed E-state index contributed by atoms with van der Waals surface area (Å²) >= 11 is 0. The first-order chi connectivity index (χ1) is 8.63. The second-order valence-electron chi connectivity index (χ2n) is 4.22. The second kappa shape index (κ2) is 5.64. The molecule has 0 amide bonds. The topological polar surface area (TPSA) is 68.4 Å². The minimum Gasteiger partial charge on any atom is -0.484 e. The molecular formula is C13H16N2O3. The van der Waals surface area contributed by atoms with E-state index in [1.54, 1.807) is 13.8 Å². The Hall–Kier alpha value is -1.88. The molecule has 0 radical (unpaired) electrons. The summed E-state index contributed by atoms with van der Waals surface area (Å²) in [6, 6.07) is 7.59. The van der Waals surface area contributed by atoms with Crippen molar-refractivity contribution in [2.24, 2.45) is 0 Å². The fraction of sp³-hybridized carbons (Fsp3) is 0.385. The van der Waals surface area contributed by atoms with Crippen LogP contribution in [-0.4, -0.2) is 21.4 Å². The Labute approximate surface area is 105 Å². The number of rotatable bonds is 5. The smallest absolute Gasteiger partial charge is 0.264 e. The molecule has 0 bridgehead atoms. The predicted octanol–water partition coefficient (Wildman–Crippen LogP) is 1.88. The van der Waals surface area contributed by atoms with Gasteiger partial charge in [0.2, 0.25) is 0 Å². The van der Waals surface area contributed by atoms with Crippen LogP contribution in [0.15, 0.2) is 28.8 Å². The Morgan fingerprint density at radius 1 is 1.33 bits per heavy atom. The zero-order chi connectivity index (χ0) is 13.0. The first-order valence-electron chi connectivity index (χ1n) is 5.82. The molecule has 2 rings (SSSR count). The van der Waals surface area contributed by atoms with Crippen LogP contribution in [0.4, 0.5) is 0 Å². The molecule has 1 aromatic heterocycles. The van der Waals surface area contributed by atoms with Crippen molar-refractivity contribution >= 4 is 0 Å². The molecule has 0 saturated heterocycles. The molecule has 0 aliphatic heterocycles. The summed E-state index contributed by atoms with van der Waals surface area (Å²) in [5.41, 5.74) is 1.07. The van der Waals surface area contributed by atoms with Crippen LogP contribution in [0.5, 0.6) is 5.75 Å². The average molecular weight is 248 g/mol. The second-order valence-corrected chi connectivity index (χ2v) is 4.22. The highest BCUT2D eigenvalue weighted by Gasteiger charge is 2.04. The monoisotopic (exact) mass is 248 g/mol. The van der Waals surface area contributed by atoms with Crippen LogP contribution in [0.2, 0.25) is 0 Å². The minimum absolute atomic E-state index is 0.261. The van der Waals surface area contributed by atoms with Gasteiger partial charge < -0.3 is 14.4 Å². The summed E-state index contributed by atoms with van der Waals surface area (Å²) in [4.78, 5) is 4.05. The van der Waals surface area contributed by atoms with Crippen molar-refractivity contribution in [2.75, 3.05) is 0 Å². The number of aromatic nitrogens is 2. The average Bonchev–Trinajstić information content (AvgIpc) is 2.74. The molecule has 1 N–H and O–H groups in total. The summed E-state index contributed by atoms with van der Waals surface area (Å²) in [6.45, 7) is 3.79. The molecular weight excluding hydrogens is 232 g/mol. The van der Waals surface area contributed by atoms with E-state index in [4.69, 9.17) is 9.26 Å². The molecule has 1 aromatic carbocycles. The van der Waals surface area contributed by atoms with Crippen LogP contribution in [0.25, 0.3) is 0 Å². The number of ether oxygens (including phenoxy) is 1. The summed E-state index contributed by atoms with van der Waals surface area (Å²) in [7, 11) is 0. The summed E-state index contributed by atoms with van der Waals surface area (Å²) < 4.78 is 10.4. The molecule has 0 saturated carbocycles. The van der Waals surface area contributed by atoms with Gasteiger partial charge in [0.25, 0.3) is 5.89 Å². The van der Waals surface area contributed by atoms with Crippen LogP contribution >= 0.6 is 0 Å². The van der Waals surface area contributed by atoms with E-state index in [1.165, 1.54) is 0 Å². The predicted molar refractivity (Wildman–Crippen MR) is 65.2 cm³/mol. The van der Waals surface area contributed by atoms with Crippen molar-refractivity contribution in [3.63, 3.8) is 0 Å². The van der Waals surface area contributed by atoms with Gasteiger partial charge in [0, 0.05) is 0 Å². The highest BCUT2D eigenvalue weighted by Crippen LogP contribution is 2.14. The maximum absolute atomic E-state index is 9.27. The van der Waals surface area contributed by atoms with E-state index in [0.29, 0.717) is 18.1 Å². The highest BCUT2D eigenvalue weighted by atomic mass is 16.5. The molecule has 5 nitrogen and oxygen atoms in total. The molecule has 1 heterocycles. The van der Waals surface area contributed by atoms with Crippen molar-refractivity contribution in [1.29, 1.82) is 0 Å². The number of aliphatic hydroxyl groups excluding tert-OH is 1. The normalized spacial score (nSPS) is 12.4. The van der Waals surface area contributed by atoms with Crippen LogP contribution in [0, 0.1) is 6.92 Å². The number of nitrogens with zero attached hydrogens (tertiary/aromatic N) is 2. The molecule has 0 aliphatic rings. The van der Waals surface area contributed by atoms with Crippen molar-refractivity contribution in [3.05, 3.63) is 41.5 Å². The maximum atomic E-state index is 9.27. The third kappa shape index (κ3) is 3.56. The zero-order valence-electron chi connectivity index (χ0n) is 10.5. The lowest BCUT2D eigenvalue weighted by atomic mass is 10.1. The van der Waals surface area contributed by atoms with E-state index in [1.807, 2.05) is 24.3 Å². The van der Waals surface area contributed by atoms with Crippen LogP contribution in [0.3, 0.4) is 0 Å². The molecule has 2 aromatic rings. The molecule has 0 spiro atoms. The standard InChI is InChI=1S/C13H16N2O3/c1-9(16)7-11-3-5-12(6-4-11)17-8-13-14-10(2)15-18-13/h3-6,9,16H,7-8H2,1-2H3. The Bertz CT molecular complexity index is 491. The van der Waals surface area contributed by atoms with Crippen LogP contribution in [0.1, 0.15) is 24.2 Å². The number of aryl methyl sites for hydroxylation is 1. The first-order valence-corrected chi connectivity index (χ1v) is 5.82. The number of hydrogen-bond donors (Lipinski definition) is 1. The Morgan fingerprint density at radius 3 is 2.61 bits per heavy atom. The van der Waals surface area contributed by atoms with E-state index in [-0.39, 0.29) is 12.7 Å². The molecule has 5 heteroatoms. The third-order valence-corrected chi connectivity index (χ3v) is 2.39. The van der Waals surface area contributed by atoms with Gasteiger partial charge in [0.05, 0.1) is 6.10 Å². The number of benzene rings is 1. The molecule has 0 fully saturated rings. The van der Waals surface area contributed by atoms with Crippen molar-refractivity contribution < 1.29 is 14.4 Å². The van der Waals surface area contributed by atoms with Crippen molar-refractivity contribution in [2.45, 2.75) is 33.0 Å². The van der Waals surface area contributed by atoms with Gasteiger partial charge in [0.1, 0.15) is 5.75 Å². The fourth-order valence-electron chi connectivity index (χ4n) is 1.61. The quantitative estimate of drug-likeness (QED) is 0.875. The van der Waals surface area contributed by atoms with Crippen molar-refractivity contribution in [3.8, 4) is 5.75 Å². The molecule has 1 unspecified atom stereocenters. The Balaban J connectivity index is 1.90. The lowest BCUT2D eigenvalue weighted by molar-refractivity contribution is 0.195. The number of hydrogen-bond acceptors (Lipinski definition) is 5. The van der Waals surface area contributed by atoms with Gasteiger partial charge >= 0.3 is 0 Å². The summed E-state index contributed by atoms with van der Waals surface area (Å²) in [5, 5.41) is 13.0. The summed E-state index contributed by atoms with van der Waals surface area (Å²) in [6.07, 6.45) is 0.307. The number of aliphatic hydroxyl groups is 1. The van der Waals surface area contributed by atoms with Gasteiger partial charge in [-0.15, -0.1) is 0 Å². The molecule has 0 aliphatic carbocycles. The van der Waals surface area contributed by atoms with Crippen LogP contribution < -0.4 is 4.74 Å².